The Morgan fingerprint density at radius 2 is 1.77 bits per heavy atom. The van der Waals surface area contributed by atoms with E-state index in [4.69, 9.17) is 4.74 Å². The molecule has 0 aliphatic heterocycles. The highest BCUT2D eigenvalue weighted by molar-refractivity contribution is 7.99. The molecule has 0 radical (unpaired) electrons. The van der Waals surface area contributed by atoms with Gasteiger partial charge in [0.25, 0.3) is 0 Å². The maximum absolute atomic E-state index is 13.8. The first kappa shape index (κ1) is 24.4. The molecule has 0 aliphatic carbocycles. The van der Waals surface area contributed by atoms with Crippen molar-refractivity contribution in [2.75, 3.05) is 6.54 Å². The number of rotatable bonds is 9. The lowest BCUT2D eigenvalue weighted by molar-refractivity contribution is -0.479. The van der Waals surface area contributed by atoms with Gasteiger partial charge in [-0.15, -0.1) is 10.2 Å². The average molecular weight is 493 g/mol. The topological polar surface area (TPSA) is 83.1 Å². The molecule has 0 aliphatic rings. The standard InChI is InChI=1S/C26H25FN4O3S/c1-17-8-11-22(14-18(17)2)31-19(3)28-29-26(31)35-25(15-30(32)33)20-9-12-23(13-10-20)34-16-21-6-4-5-7-24(21)27/h4-14,25H,15-16H2,1-3H3/t25-/m1/s1. The molecule has 0 unspecified atom stereocenters. The Balaban J connectivity index is 1.55. The minimum atomic E-state index is -0.487. The summed E-state index contributed by atoms with van der Waals surface area (Å²) in [5, 5.41) is 20.1. The molecule has 3 aromatic carbocycles. The number of nitrogens with zero attached hydrogens (tertiary/aromatic N) is 4. The lowest BCUT2D eigenvalue weighted by atomic mass is 10.1. The summed E-state index contributed by atoms with van der Waals surface area (Å²) in [6.07, 6.45) is 0. The third kappa shape index (κ3) is 5.86. The molecule has 7 nitrogen and oxygen atoms in total. The smallest absolute Gasteiger partial charge is 0.220 e. The lowest BCUT2D eigenvalue weighted by Crippen LogP contribution is -2.11. The van der Waals surface area contributed by atoms with Gasteiger partial charge in [0, 0.05) is 16.2 Å². The SMILES string of the molecule is Cc1ccc(-n2c(C)nnc2S[C@H](C[N+](=O)[O-])c2ccc(OCc3ccccc3F)cc2)cc1C. The summed E-state index contributed by atoms with van der Waals surface area (Å²) >= 11 is 1.30. The van der Waals surface area contributed by atoms with Crippen LogP contribution in [0.15, 0.2) is 71.9 Å². The van der Waals surface area contributed by atoms with E-state index in [9.17, 15) is 14.5 Å². The molecule has 4 rings (SSSR count). The van der Waals surface area contributed by atoms with Crippen molar-refractivity contribution in [1.82, 2.24) is 14.8 Å². The zero-order chi connectivity index (χ0) is 24.9. The Bertz CT molecular complexity index is 1340. The molecule has 0 spiro atoms. The van der Waals surface area contributed by atoms with Crippen molar-refractivity contribution >= 4 is 11.8 Å². The van der Waals surface area contributed by atoms with E-state index in [2.05, 4.69) is 16.3 Å². The van der Waals surface area contributed by atoms with Crippen LogP contribution in [-0.4, -0.2) is 26.2 Å². The van der Waals surface area contributed by atoms with Gasteiger partial charge in [0.1, 0.15) is 29.2 Å². The van der Waals surface area contributed by atoms with E-state index in [-0.39, 0.29) is 23.9 Å². The normalized spacial score (nSPS) is 11.9. The van der Waals surface area contributed by atoms with Crippen molar-refractivity contribution in [2.45, 2.75) is 37.8 Å². The molecule has 0 amide bonds. The molecule has 0 saturated heterocycles. The summed E-state index contributed by atoms with van der Waals surface area (Å²) in [6, 6.07) is 19.6. The van der Waals surface area contributed by atoms with E-state index >= 15 is 0 Å². The first-order chi connectivity index (χ1) is 16.8. The number of aromatic nitrogens is 3. The summed E-state index contributed by atoms with van der Waals surface area (Å²) < 4.78 is 21.4. The summed E-state index contributed by atoms with van der Waals surface area (Å²) in [5.41, 5.74) is 4.45. The number of ether oxygens (including phenoxy) is 1. The van der Waals surface area contributed by atoms with Crippen molar-refractivity contribution < 1.29 is 14.1 Å². The highest BCUT2D eigenvalue weighted by Gasteiger charge is 2.24. The van der Waals surface area contributed by atoms with Gasteiger partial charge in [0.2, 0.25) is 6.54 Å². The van der Waals surface area contributed by atoms with Crippen molar-refractivity contribution in [3.8, 4) is 11.4 Å². The molecule has 0 bridgehead atoms. The van der Waals surface area contributed by atoms with Crippen molar-refractivity contribution in [2.24, 2.45) is 0 Å². The van der Waals surface area contributed by atoms with Crippen LogP contribution in [0.4, 0.5) is 4.39 Å². The first-order valence-corrected chi connectivity index (χ1v) is 11.9. The van der Waals surface area contributed by atoms with Crippen LogP contribution < -0.4 is 4.74 Å². The Kier molecular flexibility index (Phi) is 7.45. The fourth-order valence-corrected chi connectivity index (χ4v) is 4.78. The molecular weight excluding hydrogens is 467 g/mol. The minimum absolute atomic E-state index is 0.0947. The Hall–Kier alpha value is -3.72. The number of thioether (sulfide) groups is 1. The second kappa shape index (κ2) is 10.7. The predicted molar refractivity (Wildman–Crippen MR) is 133 cm³/mol. The average Bonchev–Trinajstić information content (AvgIpc) is 3.20. The zero-order valence-electron chi connectivity index (χ0n) is 19.6. The lowest BCUT2D eigenvalue weighted by Gasteiger charge is -2.15. The molecular formula is C26H25FN4O3S. The Morgan fingerprint density at radius 1 is 1.03 bits per heavy atom. The second-order valence-corrected chi connectivity index (χ2v) is 9.37. The van der Waals surface area contributed by atoms with Gasteiger partial charge in [0.05, 0.1) is 0 Å². The van der Waals surface area contributed by atoms with Crippen LogP contribution in [0.1, 0.15) is 33.3 Å². The van der Waals surface area contributed by atoms with Crippen molar-refractivity contribution in [3.63, 3.8) is 0 Å². The highest BCUT2D eigenvalue weighted by Crippen LogP contribution is 2.36. The fourth-order valence-electron chi connectivity index (χ4n) is 3.61. The van der Waals surface area contributed by atoms with Gasteiger partial charge >= 0.3 is 0 Å². The van der Waals surface area contributed by atoms with Crippen LogP contribution in [0.25, 0.3) is 5.69 Å². The molecule has 4 aromatic rings. The summed E-state index contributed by atoms with van der Waals surface area (Å²) in [6.45, 7) is 5.76. The van der Waals surface area contributed by atoms with Gasteiger partial charge in [-0.2, -0.15) is 0 Å². The molecule has 0 fully saturated rings. The summed E-state index contributed by atoms with van der Waals surface area (Å²) in [5.74, 6) is 0.929. The molecule has 1 atom stereocenters. The number of benzene rings is 3. The van der Waals surface area contributed by atoms with Gasteiger partial charge < -0.3 is 4.74 Å². The molecule has 35 heavy (non-hydrogen) atoms. The summed E-state index contributed by atoms with van der Waals surface area (Å²) in [7, 11) is 0. The number of hydrogen-bond donors (Lipinski definition) is 0. The fraction of sp³-hybridized carbons (Fsp3) is 0.231. The number of aryl methyl sites for hydroxylation is 3. The monoisotopic (exact) mass is 492 g/mol. The maximum atomic E-state index is 13.8. The van der Waals surface area contributed by atoms with Crippen LogP contribution in [0.3, 0.4) is 0 Å². The largest absolute Gasteiger partial charge is 0.489 e. The van der Waals surface area contributed by atoms with Crippen LogP contribution >= 0.6 is 11.8 Å². The zero-order valence-corrected chi connectivity index (χ0v) is 20.5. The molecule has 9 heteroatoms. The van der Waals surface area contributed by atoms with Crippen molar-refractivity contribution in [1.29, 1.82) is 0 Å². The number of hydrogen-bond acceptors (Lipinski definition) is 6. The van der Waals surface area contributed by atoms with Gasteiger partial charge in [-0.3, -0.25) is 14.7 Å². The second-order valence-electron chi connectivity index (χ2n) is 8.20. The number of halogens is 1. The first-order valence-electron chi connectivity index (χ1n) is 11.1. The van der Waals surface area contributed by atoms with Gasteiger partial charge in [0.15, 0.2) is 5.16 Å². The van der Waals surface area contributed by atoms with Crippen LogP contribution in [-0.2, 0) is 6.61 Å². The predicted octanol–water partition coefficient (Wildman–Crippen LogP) is 6.02. The summed E-state index contributed by atoms with van der Waals surface area (Å²) in [4.78, 5) is 11.1. The Morgan fingerprint density at radius 3 is 2.46 bits per heavy atom. The quantitative estimate of drug-likeness (QED) is 0.161. The van der Waals surface area contributed by atoms with E-state index in [1.807, 2.05) is 37.5 Å². The third-order valence-corrected chi connectivity index (χ3v) is 6.89. The van der Waals surface area contributed by atoms with Gasteiger partial charge in [-0.25, -0.2) is 4.39 Å². The third-order valence-electron chi connectivity index (χ3n) is 5.71. The maximum Gasteiger partial charge on any atom is 0.220 e. The molecule has 180 valence electrons. The minimum Gasteiger partial charge on any atom is -0.489 e. The van der Waals surface area contributed by atoms with Gasteiger partial charge in [-0.05, 0) is 67.8 Å². The molecule has 0 N–H and O–H groups in total. The van der Waals surface area contributed by atoms with E-state index in [1.165, 1.54) is 23.4 Å². The number of nitro groups is 1. The molecule has 0 saturated carbocycles. The molecule has 1 aromatic heterocycles. The van der Waals surface area contributed by atoms with Crippen molar-refractivity contribution in [3.05, 3.63) is 111 Å². The Labute approximate surface area is 207 Å². The van der Waals surface area contributed by atoms with E-state index in [1.54, 1.807) is 42.5 Å². The van der Waals surface area contributed by atoms with Gasteiger partial charge in [-0.1, -0.05) is 48.2 Å². The van der Waals surface area contributed by atoms with Crippen LogP contribution in [0, 0.1) is 36.7 Å². The van der Waals surface area contributed by atoms with E-state index < -0.39 is 5.25 Å². The van der Waals surface area contributed by atoms with Crippen LogP contribution in [0.2, 0.25) is 0 Å². The highest BCUT2D eigenvalue weighted by atomic mass is 32.2. The van der Waals surface area contributed by atoms with E-state index in [0.29, 0.717) is 22.3 Å². The van der Waals surface area contributed by atoms with Crippen LogP contribution in [0.5, 0.6) is 5.75 Å². The molecule has 1 heterocycles. The van der Waals surface area contributed by atoms with E-state index in [0.717, 1.165) is 16.8 Å².